The van der Waals surface area contributed by atoms with Crippen LogP contribution in [0, 0.1) is 5.82 Å². The van der Waals surface area contributed by atoms with E-state index in [-0.39, 0.29) is 23.8 Å². The molecule has 3 rings (SSSR count). The lowest BCUT2D eigenvalue weighted by molar-refractivity contribution is -0.127. The molecule has 0 radical (unpaired) electrons. The number of aryl methyl sites for hydroxylation is 1. The standard InChI is InChI=1S/C17H15FN4OS.C10H20N2O2/c1-22-9-14(6-13-7-19-11-20-8-13)16(23)21-17(22)24-10-12-2-4-15(18)5-3-12;1-3-4-5-6-7-11-10(14)8-12(2)9-13/h2-5,7-9,11H,6,10H2,1H3;9H,3-8H2,1-2H3,(H,11,14). The van der Waals surface area contributed by atoms with E-state index in [1.54, 1.807) is 37.8 Å². The van der Waals surface area contributed by atoms with Gasteiger partial charge >= 0.3 is 0 Å². The molecular weight excluding hydrogens is 507 g/mol. The van der Waals surface area contributed by atoms with Crippen molar-refractivity contribution in [3.63, 3.8) is 0 Å². The van der Waals surface area contributed by atoms with Gasteiger partial charge in [-0.3, -0.25) is 14.4 Å². The Morgan fingerprint density at radius 1 is 1.13 bits per heavy atom. The lowest BCUT2D eigenvalue weighted by atomic mass is 10.1. The zero-order valence-corrected chi connectivity index (χ0v) is 22.9. The first-order valence-corrected chi connectivity index (χ1v) is 13.4. The highest BCUT2D eigenvalue weighted by Gasteiger charge is 2.09. The van der Waals surface area contributed by atoms with Gasteiger partial charge in [0.2, 0.25) is 12.3 Å². The minimum Gasteiger partial charge on any atom is -0.355 e. The first kappa shape index (κ1) is 30.6. The van der Waals surface area contributed by atoms with Crippen molar-refractivity contribution in [1.29, 1.82) is 0 Å². The molecule has 2 heterocycles. The molecule has 0 bridgehead atoms. The molecule has 204 valence electrons. The van der Waals surface area contributed by atoms with Crippen LogP contribution >= 0.6 is 11.8 Å². The third-order valence-corrected chi connectivity index (χ3v) is 6.45. The average molecular weight is 543 g/mol. The van der Waals surface area contributed by atoms with Crippen LogP contribution in [0.4, 0.5) is 4.39 Å². The van der Waals surface area contributed by atoms with Crippen molar-refractivity contribution in [3.8, 4) is 0 Å². The molecule has 0 atom stereocenters. The molecule has 0 saturated heterocycles. The van der Waals surface area contributed by atoms with E-state index < -0.39 is 0 Å². The SMILES string of the molecule is CCCCCCNC(=O)CN(C)C=O.Cn1cc(Cc2cncnc2)c(=O)nc1SCc1ccc(F)cc1. The summed E-state index contributed by atoms with van der Waals surface area (Å²) in [6, 6.07) is 6.30. The van der Waals surface area contributed by atoms with Gasteiger partial charge in [0.15, 0.2) is 5.16 Å². The molecule has 0 saturated carbocycles. The Bertz CT molecular complexity index is 1190. The highest BCUT2D eigenvalue weighted by atomic mass is 32.2. The van der Waals surface area contributed by atoms with Crippen LogP contribution < -0.4 is 10.9 Å². The number of amides is 2. The van der Waals surface area contributed by atoms with E-state index >= 15 is 0 Å². The van der Waals surface area contributed by atoms with Crippen molar-refractivity contribution >= 4 is 24.1 Å². The Balaban J connectivity index is 0.000000312. The van der Waals surface area contributed by atoms with E-state index in [2.05, 4.69) is 27.2 Å². The van der Waals surface area contributed by atoms with Gasteiger partial charge in [0.25, 0.3) is 5.56 Å². The van der Waals surface area contributed by atoms with Crippen LogP contribution in [0.5, 0.6) is 0 Å². The van der Waals surface area contributed by atoms with Gasteiger partial charge in [-0.1, -0.05) is 50.1 Å². The normalized spacial score (nSPS) is 10.3. The van der Waals surface area contributed by atoms with Crippen molar-refractivity contribution in [2.75, 3.05) is 20.1 Å². The minimum atomic E-state index is -0.261. The maximum Gasteiger partial charge on any atom is 0.277 e. The van der Waals surface area contributed by atoms with Crippen LogP contribution in [0.15, 0.2) is 59.1 Å². The molecule has 2 aromatic heterocycles. The fourth-order valence-electron chi connectivity index (χ4n) is 3.31. The number of nitrogens with one attached hydrogen (secondary N) is 1. The number of carbonyl (C=O) groups is 2. The fourth-order valence-corrected chi connectivity index (χ4v) is 4.20. The maximum absolute atomic E-state index is 12.9. The molecule has 0 aliphatic carbocycles. The monoisotopic (exact) mass is 542 g/mol. The first-order valence-electron chi connectivity index (χ1n) is 12.4. The summed E-state index contributed by atoms with van der Waals surface area (Å²) in [5.74, 6) is 0.270. The second-order valence-corrected chi connectivity index (χ2v) is 9.68. The summed E-state index contributed by atoms with van der Waals surface area (Å²) in [6.45, 7) is 3.01. The van der Waals surface area contributed by atoms with Gasteiger partial charge in [-0.2, -0.15) is 4.98 Å². The molecule has 38 heavy (non-hydrogen) atoms. The van der Waals surface area contributed by atoms with Crippen molar-refractivity contribution in [2.45, 2.75) is 49.9 Å². The summed E-state index contributed by atoms with van der Waals surface area (Å²) in [5, 5.41) is 3.39. The maximum atomic E-state index is 12.9. The minimum absolute atomic E-state index is 0.0869. The number of hydrogen-bond acceptors (Lipinski definition) is 7. The van der Waals surface area contributed by atoms with Crippen LogP contribution in [0.3, 0.4) is 0 Å². The van der Waals surface area contributed by atoms with Gasteiger partial charge in [-0.15, -0.1) is 0 Å². The Labute approximate surface area is 226 Å². The third kappa shape index (κ3) is 11.6. The molecule has 0 unspecified atom stereocenters. The van der Waals surface area contributed by atoms with E-state index in [4.69, 9.17) is 0 Å². The van der Waals surface area contributed by atoms with Crippen LogP contribution in [-0.4, -0.2) is 56.9 Å². The topological polar surface area (TPSA) is 110 Å². The quantitative estimate of drug-likeness (QED) is 0.153. The number of thioether (sulfide) groups is 1. The summed E-state index contributed by atoms with van der Waals surface area (Å²) in [6.07, 6.45) is 12.3. The predicted octanol–water partition coefficient (Wildman–Crippen LogP) is 3.36. The molecule has 11 heteroatoms. The smallest absolute Gasteiger partial charge is 0.277 e. The molecular formula is C27H35FN6O3S. The average Bonchev–Trinajstić information content (AvgIpc) is 2.91. The van der Waals surface area contributed by atoms with E-state index in [1.165, 1.54) is 48.0 Å². The van der Waals surface area contributed by atoms with Gasteiger partial charge < -0.3 is 14.8 Å². The number of benzene rings is 1. The zero-order valence-electron chi connectivity index (χ0n) is 22.1. The Morgan fingerprint density at radius 3 is 2.50 bits per heavy atom. The van der Waals surface area contributed by atoms with E-state index in [9.17, 15) is 18.8 Å². The van der Waals surface area contributed by atoms with Crippen LogP contribution in [0.1, 0.15) is 49.3 Å². The molecule has 1 aromatic carbocycles. The fraction of sp³-hybridized carbons (Fsp3) is 0.407. The Hall–Kier alpha value is -3.60. The van der Waals surface area contributed by atoms with Crippen molar-refractivity contribution in [3.05, 3.63) is 82.0 Å². The molecule has 0 fully saturated rings. The lowest BCUT2D eigenvalue weighted by Gasteiger charge is -2.10. The molecule has 0 spiro atoms. The Kier molecular flexibility index (Phi) is 13.7. The molecule has 2 amide bonds. The van der Waals surface area contributed by atoms with E-state index in [0.717, 1.165) is 24.0 Å². The predicted molar refractivity (Wildman–Crippen MR) is 146 cm³/mol. The third-order valence-electron chi connectivity index (χ3n) is 5.34. The van der Waals surface area contributed by atoms with Gasteiger partial charge in [-0.25, -0.2) is 14.4 Å². The number of nitrogens with zero attached hydrogens (tertiary/aromatic N) is 5. The number of likely N-dealkylation sites (N-methyl/N-ethyl adjacent to an activating group) is 1. The molecule has 0 aliphatic rings. The van der Waals surface area contributed by atoms with E-state index in [1.807, 2.05) is 11.6 Å². The van der Waals surface area contributed by atoms with Crippen LogP contribution in [0.2, 0.25) is 0 Å². The molecule has 0 aliphatic heterocycles. The number of unbranched alkanes of at least 4 members (excludes halogenated alkanes) is 3. The molecule has 3 aromatic rings. The summed E-state index contributed by atoms with van der Waals surface area (Å²) in [7, 11) is 3.44. The van der Waals surface area contributed by atoms with E-state index in [0.29, 0.717) is 35.8 Å². The second kappa shape index (κ2) is 17.0. The molecule has 1 N–H and O–H groups in total. The number of aromatic nitrogens is 4. The number of halogens is 1. The van der Waals surface area contributed by atoms with Crippen molar-refractivity contribution in [1.82, 2.24) is 29.7 Å². The summed E-state index contributed by atoms with van der Waals surface area (Å²) in [5.41, 5.74) is 2.18. The molecule has 9 nitrogen and oxygen atoms in total. The number of hydrogen-bond donors (Lipinski definition) is 1. The van der Waals surface area contributed by atoms with Crippen LogP contribution in [-0.2, 0) is 28.8 Å². The van der Waals surface area contributed by atoms with Gasteiger partial charge in [0, 0.05) is 57.0 Å². The Morgan fingerprint density at radius 2 is 1.84 bits per heavy atom. The van der Waals surface area contributed by atoms with Crippen LogP contribution in [0.25, 0.3) is 0 Å². The van der Waals surface area contributed by atoms with Crippen molar-refractivity contribution in [2.24, 2.45) is 7.05 Å². The summed E-state index contributed by atoms with van der Waals surface area (Å²) < 4.78 is 14.7. The summed E-state index contributed by atoms with van der Waals surface area (Å²) >= 11 is 1.44. The highest BCUT2D eigenvalue weighted by molar-refractivity contribution is 7.98. The number of rotatable bonds is 13. The first-order chi connectivity index (χ1) is 18.3. The highest BCUT2D eigenvalue weighted by Crippen LogP contribution is 2.20. The van der Waals surface area contributed by atoms with Crippen molar-refractivity contribution < 1.29 is 14.0 Å². The second-order valence-electron chi connectivity index (χ2n) is 8.73. The largest absolute Gasteiger partial charge is 0.355 e. The summed E-state index contributed by atoms with van der Waals surface area (Å²) in [4.78, 5) is 46.9. The van der Waals surface area contributed by atoms with Gasteiger partial charge in [-0.05, 0) is 29.7 Å². The zero-order chi connectivity index (χ0) is 27.8. The van der Waals surface area contributed by atoms with Gasteiger partial charge in [0.1, 0.15) is 12.1 Å². The number of carbonyl (C=O) groups excluding carboxylic acids is 2. The van der Waals surface area contributed by atoms with Gasteiger partial charge in [0.05, 0.1) is 6.54 Å². The lowest BCUT2D eigenvalue weighted by Crippen LogP contribution is -2.34.